The summed E-state index contributed by atoms with van der Waals surface area (Å²) in [5.74, 6) is 0.0465. The first-order valence-corrected chi connectivity index (χ1v) is 6.93. The van der Waals surface area contributed by atoms with Gasteiger partial charge in [-0.1, -0.05) is 30.3 Å². The minimum Gasteiger partial charge on any atom is -0.388 e. The molecule has 1 saturated heterocycles. The van der Waals surface area contributed by atoms with Gasteiger partial charge in [-0.05, 0) is 38.3 Å². The predicted molar refractivity (Wildman–Crippen MR) is 81.9 cm³/mol. The van der Waals surface area contributed by atoms with Gasteiger partial charge in [-0.15, -0.1) is 12.4 Å². The third kappa shape index (κ3) is 4.78. The number of hydrogen-bond acceptors (Lipinski definition) is 3. The van der Waals surface area contributed by atoms with Crippen LogP contribution in [0.25, 0.3) is 0 Å². The van der Waals surface area contributed by atoms with Gasteiger partial charge in [0.25, 0.3) is 0 Å². The normalized spacial score (nSPS) is 20.8. The van der Waals surface area contributed by atoms with Crippen LogP contribution in [0.4, 0.5) is 0 Å². The summed E-state index contributed by atoms with van der Waals surface area (Å²) in [6.45, 7) is 2.85. The van der Waals surface area contributed by atoms with Crippen molar-refractivity contribution in [3.05, 3.63) is 35.9 Å². The van der Waals surface area contributed by atoms with Crippen molar-refractivity contribution in [2.45, 2.75) is 44.4 Å². The van der Waals surface area contributed by atoms with Gasteiger partial charge in [-0.25, -0.2) is 0 Å². The molecule has 1 amide bonds. The molecule has 3 unspecified atom stereocenters. The third-order valence-electron chi connectivity index (χ3n) is 3.53. The molecule has 0 radical (unpaired) electrons. The summed E-state index contributed by atoms with van der Waals surface area (Å²) in [4.78, 5) is 11.9. The van der Waals surface area contributed by atoms with Crippen molar-refractivity contribution in [1.29, 1.82) is 0 Å². The Hall–Kier alpha value is -1.10. The predicted octanol–water partition coefficient (Wildman–Crippen LogP) is 1.79. The van der Waals surface area contributed by atoms with Crippen LogP contribution in [0, 0.1) is 0 Å². The van der Waals surface area contributed by atoms with Crippen LogP contribution in [0.1, 0.15) is 37.9 Å². The summed E-state index contributed by atoms with van der Waals surface area (Å²) in [5, 5.41) is 16.2. The van der Waals surface area contributed by atoms with E-state index in [1.807, 2.05) is 37.3 Å². The second kappa shape index (κ2) is 8.25. The van der Waals surface area contributed by atoms with Crippen molar-refractivity contribution in [3.63, 3.8) is 0 Å². The molecule has 0 aromatic heterocycles. The summed E-state index contributed by atoms with van der Waals surface area (Å²) >= 11 is 0. The lowest BCUT2D eigenvalue weighted by Crippen LogP contribution is -2.44. The van der Waals surface area contributed by atoms with Gasteiger partial charge in [-0.2, -0.15) is 0 Å². The van der Waals surface area contributed by atoms with Crippen LogP contribution in [0.5, 0.6) is 0 Å². The van der Waals surface area contributed by atoms with E-state index >= 15 is 0 Å². The fraction of sp³-hybridized carbons (Fsp3) is 0.533. The van der Waals surface area contributed by atoms with E-state index in [0.717, 1.165) is 24.9 Å². The number of aliphatic hydroxyl groups is 1. The number of rotatable bonds is 5. The number of halogens is 1. The monoisotopic (exact) mass is 298 g/mol. The first-order valence-electron chi connectivity index (χ1n) is 6.93. The lowest BCUT2D eigenvalue weighted by atomic mass is 10.0. The Morgan fingerprint density at radius 1 is 1.45 bits per heavy atom. The Morgan fingerprint density at radius 3 is 2.75 bits per heavy atom. The largest absolute Gasteiger partial charge is 0.388 e. The van der Waals surface area contributed by atoms with Crippen LogP contribution in [-0.4, -0.2) is 29.6 Å². The van der Waals surface area contributed by atoms with Crippen molar-refractivity contribution in [2.24, 2.45) is 0 Å². The highest BCUT2D eigenvalue weighted by Gasteiger charge is 2.23. The molecule has 1 aromatic carbocycles. The molecule has 112 valence electrons. The Balaban J connectivity index is 0.00000200. The molecule has 0 aliphatic carbocycles. The minimum atomic E-state index is -0.534. The standard InChI is InChI=1S/C15H22N2O2.ClH/c1-11(17-15(19)13-8-5-9-16-13)10-14(18)12-6-3-2-4-7-12;/h2-4,6-7,11,13-14,16,18H,5,8-10H2,1H3,(H,17,19);1H. The average Bonchev–Trinajstić information content (AvgIpc) is 2.93. The topological polar surface area (TPSA) is 61.4 Å². The summed E-state index contributed by atoms with van der Waals surface area (Å²) < 4.78 is 0. The minimum absolute atomic E-state index is 0. The van der Waals surface area contributed by atoms with E-state index in [0.29, 0.717) is 6.42 Å². The lowest BCUT2D eigenvalue weighted by Gasteiger charge is -2.20. The van der Waals surface area contributed by atoms with Crippen LogP contribution >= 0.6 is 12.4 Å². The van der Waals surface area contributed by atoms with Crippen molar-refractivity contribution < 1.29 is 9.90 Å². The Kier molecular flexibility index (Phi) is 6.99. The summed E-state index contributed by atoms with van der Waals surface area (Å²) in [5.41, 5.74) is 0.891. The number of carbonyl (C=O) groups is 1. The number of benzene rings is 1. The van der Waals surface area contributed by atoms with Crippen LogP contribution in [0.15, 0.2) is 30.3 Å². The van der Waals surface area contributed by atoms with Crippen molar-refractivity contribution >= 4 is 18.3 Å². The fourth-order valence-electron chi connectivity index (χ4n) is 2.46. The van der Waals surface area contributed by atoms with Crippen LogP contribution < -0.4 is 10.6 Å². The van der Waals surface area contributed by atoms with Gasteiger partial charge in [0.1, 0.15) is 0 Å². The van der Waals surface area contributed by atoms with E-state index in [1.54, 1.807) is 0 Å². The lowest BCUT2D eigenvalue weighted by molar-refractivity contribution is -0.123. The summed E-state index contributed by atoms with van der Waals surface area (Å²) in [6, 6.07) is 9.44. The van der Waals surface area contributed by atoms with Gasteiger partial charge in [0, 0.05) is 6.04 Å². The van der Waals surface area contributed by atoms with Gasteiger partial charge >= 0.3 is 0 Å². The van der Waals surface area contributed by atoms with Gasteiger partial charge in [-0.3, -0.25) is 4.79 Å². The molecule has 1 aliphatic rings. The van der Waals surface area contributed by atoms with E-state index in [-0.39, 0.29) is 30.4 Å². The van der Waals surface area contributed by atoms with Gasteiger partial charge in [0.05, 0.1) is 12.1 Å². The molecule has 2 rings (SSSR count). The summed E-state index contributed by atoms with van der Waals surface area (Å²) in [7, 11) is 0. The molecule has 0 saturated carbocycles. The van der Waals surface area contributed by atoms with Gasteiger partial charge < -0.3 is 15.7 Å². The highest BCUT2D eigenvalue weighted by atomic mass is 35.5. The molecule has 3 N–H and O–H groups in total. The fourth-order valence-corrected chi connectivity index (χ4v) is 2.46. The molecular formula is C15H23ClN2O2. The summed E-state index contributed by atoms with van der Waals surface area (Å²) in [6.07, 6.45) is 1.95. The molecule has 4 nitrogen and oxygen atoms in total. The number of hydrogen-bond donors (Lipinski definition) is 3. The van der Waals surface area contributed by atoms with Crippen LogP contribution in [0.2, 0.25) is 0 Å². The maximum absolute atomic E-state index is 11.9. The van der Waals surface area contributed by atoms with Gasteiger partial charge in [0.2, 0.25) is 5.91 Å². The molecule has 20 heavy (non-hydrogen) atoms. The highest BCUT2D eigenvalue weighted by molar-refractivity contribution is 5.85. The molecule has 0 spiro atoms. The van der Waals surface area contributed by atoms with Crippen LogP contribution in [0.3, 0.4) is 0 Å². The molecule has 3 atom stereocenters. The van der Waals surface area contributed by atoms with E-state index in [2.05, 4.69) is 10.6 Å². The van der Waals surface area contributed by atoms with E-state index < -0.39 is 6.10 Å². The number of amides is 1. The molecule has 1 aromatic rings. The zero-order chi connectivity index (χ0) is 13.7. The number of aliphatic hydroxyl groups excluding tert-OH is 1. The van der Waals surface area contributed by atoms with E-state index in [9.17, 15) is 9.90 Å². The van der Waals surface area contributed by atoms with Gasteiger partial charge in [0.15, 0.2) is 0 Å². The second-order valence-electron chi connectivity index (χ2n) is 5.22. The van der Waals surface area contributed by atoms with E-state index in [4.69, 9.17) is 0 Å². The zero-order valence-corrected chi connectivity index (χ0v) is 12.5. The molecule has 1 heterocycles. The maximum atomic E-state index is 11.9. The molecule has 5 heteroatoms. The average molecular weight is 299 g/mol. The first kappa shape index (κ1) is 17.0. The third-order valence-corrected chi connectivity index (χ3v) is 3.53. The molecule has 1 fully saturated rings. The number of nitrogens with one attached hydrogen (secondary N) is 2. The second-order valence-corrected chi connectivity index (χ2v) is 5.22. The van der Waals surface area contributed by atoms with E-state index in [1.165, 1.54) is 0 Å². The first-order chi connectivity index (χ1) is 9.16. The van der Waals surface area contributed by atoms with Crippen molar-refractivity contribution in [3.8, 4) is 0 Å². The van der Waals surface area contributed by atoms with Crippen molar-refractivity contribution in [1.82, 2.24) is 10.6 Å². The SMILES string of the molecule is CC(CC(O)c1ccccc1)NC(=O)C1CCCN1.Cl. The quantitative estimate of drug-likeness (QED) is 0.777. The molecule has 0 bridgehead atoms. The molecular weight excluding hydrogens is 276 g/mol. The van der Waals surface area contributed by atoms with Crippen LogP contribution in [-0.2, 0) is 4.79 Å². The van der Waals surface area contributed by atoms with Crippen molar-refractivity contribution in [2.75, 3.05) is 6.54 Å². The zero-order valence-electron chi connectivity index (χ0n) is 11.7. The maximum Gasteiger partial charge on any atom is 0.237 e. The highest BCUT2D eigenvalue weighted by Crippen LogP contribution is 2.17. The number of carbonyl (C=O) groups excluding carboxylic acids is 1. The Bertz CT molecular complexity index is 408. The Labute approximate surface area is 126 Å². The molecule has 1 aliphatic heterocycles. The smallest absolute Gasteiger partial charge is 0.237 e. The Morgan fingerprint density at radius 2 is 2.15 bits per heavy atom.